The Balaban J connectivity index is 1.77. The molecule has 0 aromatic heterocycles. The molecule has 2 unspecified atom stereocenters. The molecular weight excluding hydrogens is 483 g/mol. The van der Waals surface area contributed by atoms with E-state index in [-0.39, 0.29) is 19.3 Å². The number of anilines is 1. The summed E-state index contributed by atoms with van der Waals surface area (Å²) in [6, 6.07) is 8.00. The first-order valence-corrected chi connectivity index (χ1v) is 11.6. The molecule has 2 atom stereocenters. The number of hydrogen-bond acceptors (Lipinski definition) is 6. The van der Waals surface area contributed by atoms with Crippen LogP contribution in [0.15, 0.2) is 30.3 Å². The fourth-order valence-electron chi connectivity index (χ4n) is 3.99. The number of amides is 2. The van der Waals surface area contributed by atoms with E-state index in [2.05, 4.69) is 5.32 Å². The van der Waals surface area contributed by atoms with Gasteiger partial charge in [-0.2, -0.15) is 0 Å². The number of halogens is 2. The molecule has 0 saturated heterocycles. The van der Waals surface area contributed by atoms with E-state index in [0.29, 0.717) is 45.6 Å². The minimum Gasteiger partial charge on any atom is -0.493 e. The molecule has 2 aromatic carbocycles. The Labute approximate surface area is 209 Å². The number of rotatable bonds is 7. The van der Waals surface area contributed by atoms with E-state index in [0.717, 1.165) is 5.56 Å². The van der Waals surface area contributed by atoms with Crippen molar-refractivity contribution in [3.63, 3.8) is 0 Å². The van der Waals surface area contributed by atoms with Crippen molar-refractivity contribution in [2.24, 2.45) is 0 Å². The molecule has 2 aromatic rings. The molecule has 0 aliphatic carbocycles. The van der Waals surface area contributed by atoms with E-state index >= 15 is 0 Å². The smallest absolute Gasteiger partial charge is 0.414 e. The van der Waals surface area contributed by atoms with Crippen molar-refractivity contribution in [2.75, 3.05) is 32.3 Å². The van der Waals surface area contributed by atoms with E-state index in [9.17, 15) is 9.59 Å². The first-order chi connectivity index (χ1) is 16.3. The molecule has 0 bridgehead atoms. The second-order valence-electron chi connectivity index (χ2n) is 7.78. The van der Waals surface area contributed by atoms with Gasteiger partial charge in [-0.15, -0.1) is 0 Å². The van der Waals surface area contributed by atoms with Crippen LogP contribution in [-0.2, 0) is 15.9 Å². The van der Waals surface area contributed by atoms with Gasteiger partial charge < -0.3 is 24.3 Å². The number of carbonyl (C=O) groups is 2. The van der Waals surface area contributed by atoms with Crippen molar-refractivity contribution in [1.29, 1.82) is 0 Å². The van der Waals surface area contributed by atoms with Crippen LogP contribution in [0.5, 0.6) is 11.5 Å². The summed E-state index contributed by atoms with van der Waals surface area (Å²) in [4.78, 5) is 26.8. The first-order valence-electron chi connectivity index (χ1n) is 10.9. The van der Waals surface area contributed by atoms with Crippen LogP contribution in [0.4, 0.5) is 15.3 Å². The molecule has 1 heterocycles. The fourth-order valence-corrected chi connectivity index (χ4v) is 4.56. The van der Waals surface area contributed by atoms with Crippen LogP contribution < -0.4 is 19.7 Å². The molecule has 0 spiro atoms. The van der Waals surface area contributed by atoms with Gasteiger partial charge in [0.2, 0.25) is 0 Å². The summed E-state index contributed by atoms with van der Waals surface area (Å²) >= 11 is 12.0. The first kappa shape index (κ1) is 25.8. The van der Waals surface area contributed by atoms with Crippen LogP contribution >= 0.6 is 23.2 Å². The molecule has 184 valence electrons. The zero-order chi connectivity index (χ0) is 24.8. The van der Waals surface area contributed by atoms with Crippen molar-refractivity contribution < 1.29 is 28.5 Å². The van der Waals surface area contributed by atoms with Crippen LogP contribution in [0.3, 0.4) is 0 Å². The molecule has 1 N–H and O–H groups in total. The maximum Gasteiger partial charge on any atom is 0.414 e. The third-order valence-electron chi connectivity index (χ3n) is 5.49. The highest BCUT2D eigenvalue weighted by molar-refractivity contribution is 6.34. The number of benzene rings is 2. The maximum atomic E-state index is 12.7. The maximum absolute atomic E-state index is 12.7. The summed E-state index contributed by atoms with van der Waals surface area (Å²) < 4.78 is 21.5. The van der Waals surface area contributed by atoms with Gasteiger partial charge in [-0.05, 0) is 50.1 Å². The quantitative estimate of drug-likeness (QED) is 0.508. The Kier molecular flexibility index (Phi) is 8.74. The molecule has 0 fully saturated rings. The third kappa shape index (κ3) is 5.98. The van der Waals surface area contributed by atoms with E-state index in [1.807, 2.05) is 6.92 Å². The van der Waals surface area contributed by atoms with Gasteiger partial charge in [0.25, 0.3) is 0 Å². The molecule has 34 heavy (non-hydrogen) atoms. The largest absolute Gasteiger partial charge is 0.493 e. The lowest BCUT2D eigenvalue weighted by atomic mass is 9.91. The number of alkyl carbamates (subject to hydrolysis) is 1. The summed E-state index contributed by atoms with van der Waals surface area (Å²) in [7, 11) is 3.04. The van der Waals surface area contributed by atoms with Gasteiger partial charge in [-0.1, -0.05) is 23.2 Å². The highest BCUT2D eigenvalue weighted by Gasteiger charge is 2.37. The number of fused-ring (bicyclic) bond motifs is 1. The van der Waals surface area contributed by atoms with Gasteiger partial charge in [0.05, 0.1) is 39.2 Å². The van der Waals surface area contributed by atoms with Crippen LogP contribution in [0.2, 0.25) is 10.0 Å². The number of nitrogens with one attached hydrogen (secondary N) is 1. The molecular formula is C24H28Cl2N2O6. The van der Waals surface area contributed by atoms with E-state index in [1.54, 1.807) is 42.2 Å². The van der Waals surface area contributed by atoms with Gasteiger partial charge in [0.1, 0.15) is 0 Å². The molecule has 1 aliphatic rings. The normalized spacial score (nSPS) is 16.9. The van der Waals surface area contributed by atoms with Crippen molar-refractivity contribution in [3.05, 3.63) is 51.5 Å². The van der Waals surface area contributed by atoms with Crippen LogP contribution in [0.25, 0.3) is 0 Å². The Morgan fingerprint density at radius 1 is 1.03 bits per heavy atom. The Morgan fingerprint density at radius 3 is 2.29 bits per heavy atom. The molecule has 8 nitrogen and oxygen atoms in total. The Hall–Kier alpha value is -2.84. The molecule has 0 saturated carbocycles. The highest BCUT2D eigenvalue weighted by atomic mass is 35.5. The van der Waals surface area contributed by atoms with Gasteiger partial charge in [0, 0.05) is 34.1 Å². The van der Waals surface area contributed by atoms with Crippen molar-refractivity contribution >= 4 is 41.1 Å². The average molecular weight is 511 g/mol. The summed E-state index contributed by atoms with van der Waals surface area (Å²) in [6.45, 7) is 4.04. The molecule has 1 aliphatic heterocycles. The number of ether oxygens (including phenoxy) is 4. The molecule has 2 amide bonds. The lowest BCUT2D eigenvalue weighted by Crippen LogP contribution is -2.46. The Bertz CT molecular complexity index is 1030. The summed E-state index contributed by atoms with van der Waals surface area (Å²) in [5.74, 6) is 0.948. The minimum absolute atomic E-state index is 0.151. The Morgan fingerprint density at radius 2 is 1.68 bits per heavy atom. The summed E-state index contributed by atoms with van der Waals surface area (Å²) in [5, 5.41) is 3.95. The van der Waals surface area contributed by atoms with Crippen LogP contribution in [0, 0.1) is 0 Å². The predicted molar refractivity (Wildman–Crippen MR) is 131 cm³/mol. The van der Waals surface area contributed by atoms with E-state index < -0.39 is 18.2 Å². The number of methoxy groups -OCH3 is 2. The van der Waals surface area contributed by atoms with Crippen LogP contribution in [-0.4, -0.2) is 45.7 Å². The standard InChI is InChI=1S/C24H28Cl2N2O6/c1-5-33-24(30)28-14(2)8-19(18-12-21(31-3)22(32-4)13-20(18)28)27-23(29)34-7-6-15-9-16(25)11-17(26)10-15/h9-14,19H,5-8H2,1-4H3,(H,27,29). The van der Waals surface area contributed by atoms with Gasteiger partial charge in [-0.25, -0.2) is 9.59 Å². The second-order valence-corrected chi connectivity index (χ2v) is 8.65. The van der Waals surface area contributed by atoms with Gasteiger partial charge in [0.15, 0.2) is 11.5 Å². The monoisotopic (exact) mass is 510 g/mol. The SMILES string of the molecule is CCOC(=O)N1c2cc(OC)c(OC)cc2C(NC(=O)OCCc2cc(Cl)cc(Cl)c2)CC1C. The van der Waals surface area contributed by atoms with Crippen molar-refractivity contribution in [3.8, 4) is 11.5 Å². The van der Waals surface area contributed by atoms with Gasteiger partial charge in [-0.3, -0.25) is 4.90 Å². The number of carbonyl (C=O) groups excluding carboxylic acids is 2. The molecule has 3 rings (SSSR count). The fraction of sp³-hybridized carbons (Fsp3) is 0.417. The van der Waals surface area contributed by atoms with Crippen molar-refractivity contribution in [2.45, 2.75) is 38.8 Å². The number of hydrogen-bond donors (Lipinski definition) is 1. The number of nitrogens with zero attached hydrogens (tertiary/aromatic N) is 1. The van der Waals surface area contributed by atoms with Crippen molar-refractivity contribution in [1.82, 2.24) is 5.32 Å². The van der Waals surface area contributed by atoms with E-state index in [1.165, 1.54) is 14.2 Å². The zero-order valence-corrected chi connectivity index (χ0v) is 21.0. The predicted octanol–water partition coefficient (Wildman–Crippen LogP) is 5.78. The second kappa shape index (κ2) is 11.5. The summed E-state index contributed by atoms with van der Waals surface area (Å²) in [5.41, 5.74) is 2.14. The van der Waals surface area contributed by atoms with Crippen LogP contribution in [0.1, 0.15) is 37.4 Å². The van der Waals surface area contributed by atoms with Gasteiger partial charge >= 0.3 is 12.2 Å². The lowest BCUT2D eigenvalue weighted by molar-refractivity contribution is 0.141. The minimum atomic E-state index is -0.573. The third-order valence-corrected chi connectivity index (χ3v) is 5.92. The zero-order valence-electron chi connectivity index (χ0n) is 19.5. The lowest BCUT2D eigenvalue weighted by Gasteiger charge is -2.39. The highest BCUT2D eigenvalue weighted by Crippen LogP contribution is 2.43. The topological polar surface area (TPSA) is 86.3 Å². The summed E-state index contributed by atoms with van der Waals surface area (Å²) in [6.07, 6.45) is -0.117. The van der Waals surface area contributed by atoms with E-state index in [4.69, 9.17) is 42.1 Å². The molecule has 10 heteroatoms. The molecule has 0 radical (unpaired) electrons. The average Bonchev–Trinajstić information content (AvgIpc) is 2.77.